The van der Waals surface area contributed by atoms with Crippen LogP contribution in [0.2, 0.25) is 0 Å². The molecule has 0 spiro atoms. The van der Waals surface area contributed by atoms with Gasteiger partial charge in [0.2, 0.25) is 11.8 Å². The quantitative estimate of drug-likeness (QED) is 0.333. The van der Waals surface area contributed by atoms with E-state index in [1.165, 1.54) is 0 Å². The fourth-order valence-electron chi connectivity index (χ4n) is 2.65. The second-order valence-corrected chi connectivity index (χ2v) is 8.29. The van der Waals surface area contributed by atoms with E-state index in [2.05, 4.69) is 10.6 Å². The summed E-state index contributed by atoms with van der Waals surface area (Å²) >= 11 is 0. The number of rotatable bonds is 12. The molecule has 1 aromatic carbocycles. The van der Waals surface area contributed by atoms with Gasteiger partial charge in [-0.15, -0.1) is 0 Å². The van der Waals surface area contributed by atoms with Crippen LogP contribution in [0.1, 0.15) is 52.0 Å². The molecule has 0 heterocycles. The molecule has 3 amide bonds. The molecule has 0 aliphatic heterocycles. The lowest BCUT2D eigenvalue weighted by Gasteiger charge is -2.22. The number of alkyl carbamates (subject to hydrolysis) is 1. The molecule has 0 radical (unpaired) electrons. The number of esters is 1. The number of ether oxygens (including phenoxy) is 2. The molecule has 0 fully saturated rings. The second-order valence-electron chi connectivity index (χ2n) is 8.29. The van der Waals surface area contributed by atoms with Crippen LogP contribution in [0.5, 0.6) is 0 Å². The van der Waals surface area contributed by atoms with Crippen molar-refractivity contribution >= 4 is 29.8 Å². The third-order valence-electron chi connectivity index (χ3n) is 4.17. The van der Waals surface area contributed by atoms with Crippen molar-refractivity contribution in [3.05, 3.63) is 35.9 Å². The lowest BCUT2D eigenvalue weighted by Crippen LogP contribution is -2.52. The van der Waals surface area contributed by atoms with Crippen LogP contribution < -0.4 is 16.4 Å². The van der Waals surface area contributed by atoms with E-state index in [0.717, 1.165) is 5.56 Å². The molecule has 5 N–H and O–H groups in total. The van der Waals surface area contributed by atoms with Gasteiger partial charge in [-0.2, -0.15) is 0 Å². The zero-order chi connectivity index (χ0) is 25.0. The Morgan fingerprint density at radius 3 is 2.12 bits per heavy atom. The number of benzene rings is 1. The van der Waals surface area contributed by atoms with Crippen molar-refractivity contribution in [2.45, 2.75) is 70.7 Å². The minimum atomic E-state index is -1.41. The molecule has 0 aliphatic rings. The Hall–Kier alpha value is -3.63. The van der Waals surface area contributed by atoms with Crippen molar-refractivity contribution in [1.29, 1.82) is 0 Å². The minimum absolute atomic E-state index is 0.0521. The second kappa shape index (κ2) is 13.0. The van der Waals surface area contributed by atoms with E-state index < -0.39 is 47.5 Å². The van der Waals surface area contributed by atoms with E-state index in [1.54, 1.807) is 51.1 Å². The molecule has 11 heteroatoms. The highest BCUT2D eigenvalue weighted by Crippen LogP contribution is 2.11. The smallest absolute Gasteiger partial charge is 0.408 e. The number of hydrogen-bond donors (Lipinski definition) is 4. The van der Waals surface area contributed by atoms with Crippen LogP contribution in [0, 0.1) is 0 Å². The molecule has 1 aromatic rings. The van der Waals surface area contributed by atoms with Crippen molar-refractivity contribution in [3.8, 4) is 0 Å². The fourth-order valence-corrected chi connectivity index (χ4v) is 2.65. The first-order valence-electron chi connectivity index (χ1n) is 10.4. The van der Waals surface area contributed by atoms with Gasteiger partial charge >= 0.3 is 18.0 Å². The highest BCUT2D eigenvalue weighted by Gasteiger charge is 2.28. The molecule has 0 aliphatic carbocycles. The summed E-state index contributed by atoms with van der Waals surface area (Å²) in [6.07, 6.45) is -1.79. The van der Waals surface area contributed by atoms with Gasteiger partial charge in [-0.25, -0.2) is 9.59 Å². The maximum atomic E-state index is 12.7. The Morgan fingerprint density at radius 2 is 1.58 bits per heavy atom. The van der Waals surface area contributed by atoms with Gasteiger partial charge in [0.15, 0.2) is 0 Å². The van der Waals surface area contributed by atoms with Crippen LogP contribution in [0.25, 0.3) is 0 Å². The third-order valence-corrected chi connectivity index (χ3v) is 4.17. The minimum Gasteiger partial charge on any atom is -0.480 e. The predicted molar refractivity (Wildman–Crippen MR) is 117 cm³/mol. The lowest BCUT2D eigenvalue weighted by atomic mass is 10.1. The summed E-state index contributed by atoms with van der Waals surface area (Å²) in [4.78, 5) is 59.4. The molecular formula is C22H31N3O8. The van der Waals surface area contributed by atoms with Crippen molar-refractivity contribution < 1.29 is 38.6 Å². The van der Waals surface area contributed by atoms with Crippen LogP contribution in [0.4, 0.5) is 4.79 Å². The summed E-state index contributed by atoms with van der Waals surface area (Å²) in [6.45, 7) is 5.00. The largest absolute Gasteiger partial charge is 0.480 e. The van der Waals surface area contributed by atoms with Crippen LogP contribution in [0.15, 0.2) is 30.3 Å². The van der Waals surface area contributed by atoms with Gasteiger partial charge in [0, 0.05) is 12.8 Å². The topological polar surface area (TPSA) is 174 Å². The first-order valence-corrected chi connectivity index (χ1v) is 10.4. The number of aliphatic carboxylic acids is 1. The van der Waals surface area contributed by atoms with Gasteiger partial charge in [-0.1, -0.05) is 30.3 Å². The molecule has 0 saturated carbocycles. The Labute approximate surface area is 192 Å². The SMILES string of the molecule is CC(C)(C)OC(=O)CC[C@H](NC(=O)OCc1ccccc1)C(=O)N[C@@H](CCC(N)=O)C(=O)O. The van der Waals surface area contributed by atoms with E-state index in [-0.39, 0.29) is 32.3 Å². The Morgan fingerprint density at radius 1 is 0.970 bits per heavy atom. The monoisotopic (exact) mass is 465 g/mol. The van der Waals surface area contributed by atoms with Crippen molar-refractivity contribution in [2.75, 3.05) is 0 Å². The third kappa shape index (κ3) is 12.1. The number of carbonyl (C=O) groups is 5. The molecule has 1 rings (SSSR count). The number of carboxylic acids is 1. The lowest BCUT2D eigenvalue weighted by molar-refractivity contribution is -0.155. The number of carbonyl (C=O) groups excluding carboxylic acids is 4. The number of carboxylic acid groups (broad SMARTS) is 1. The maximum Gasteiger partial charge on any atom is 0.408 e. The summed E-state index contributed by atoms with van der Waals surface area (Å²) in [5.74, 6) is -3.54. The molecule has 33 heavy (non-hydrogen) atoms. The van der Waals surface area contributed by atoms with Crippen LogP contribution in [-0.4, -0.2) is 52.6 Å². The summed E-state index contributed by atoms with van der Waals surface area (Å²) in [5.41, 5.74) is 5.03. The number of amides is 3. The first-order chi connectivity index (χ1) is 15.4. The summed E-state index contributed by atoms with van der Waals surface area (Å²) in [7, 11) is 0. The zero-order valence-corrected chi connectivity index (χ0v) is 19.0. The number of primary amides is 1. The molecular weight excluding hydrogens is 434 g/mol. The van der Waals surface area contributed by atoms with Gasteiger partial charge in [0.1, 0.15) is 24.3 Å². The van der Waals surface area contributed by atoms with Gasteiger partial charge in [-0.05, 0) is 39.2 Å². The molecule has 0 unspecified atom stereocenters. The predicted octanol–water partition coefficient (Wildman–Crippen LogP) is 1.24. The van der Waals surface area contributed by atoms with Gasteiger partial charge in [-0.3, -0.25) is 14.4 Å². The zero-order valence-electron chi connectivity index (χ0n) is 19.0. The molecule has 2 atom stereocenters. The molecule has 11 nitrogen and oxygen atoms in total. The van der Waals surface area contributed by atoms with Crippen molar-refractivity contribution in [1.82, 2.24) is 10.6 Å². The van der Waals surface area contributed by atoms with E-state index in [0.29, 0.717) is 0 Å². The van der Waals surface area contributed by atoms with Gasteiger partial charge in [0.25, 0.3) is 0 Å². The fraction of sp³-hybridized carbons (Fsp3) is 0.500. The molecule has 0 bridgehead atoms. The summed E-state index contributed by atoms with van der Waals surface area (Å²) < 4.78 is 10.3. The Balaban J connectivity index is 2.82. The van der Waals surface area contributed by atoms with Crippen molar-refractivity contribution in [2.24, 2.45) is 5.73 Å². The average molecular weight is 466 g/mol. The van der Waals surface area contributed by atoms with E-state index in [4.69, 9.17) is 15.2 Å². The van der Waals surface area contributed by atoms with E-state index >= 15 is 0 Å². The Kier molecular flexibility index (Phi) is 10.8. The number of nitrogens with one attached hydrogen (secondary N) is 2. The summed E-state index contributed by atoms with van der Waals surface area (Å²) in [5, 5.41) is 13.9. The first kappa shape index (κ1) is 27.4. The highest BCUT2D eigenvalue weighted by atomic mass is 16.6. The number of hydrogen-bond acceptors (Lipinski definition) is 7. The van der Waals surface area contributed by atoms with Crippen molar-refractivity contribution in [3.63, 3.8) is 0 Å². The van der Waals surface area contributed by atoms with E-state index in [9.17, 15) is 29.1 Å². The van der Waals surface area contributed by atoms with Crippen LogP contribution in [0.3, 0.4) is 0 Å². The molecule has 182 valence electrons. The van der Waals surface area contributed by atoms with Gasteiger partial charge in [0.05, 0.1) is 0 Å². The summed E-state index contributed by atoms with van der Waals surface area (Å²) in [6, 6.07) is 6.15. The average Bonchev–Trinajstić information content (AvgIpc) is 2.71. The molecule has 0 saturated heterocycles. The van der Waals surface area contributed by atoms with Crippen LogP contribution >= 0.6 is 0 Å². The van der Waals surface area contributed by atoms with Gasteiger partial charge < -0.3 is 30.9 Å². The normalized spacial score (nSPS) is 12.7. The molecule has 0 aromatic heterocycles. The highest BCUT2D eigenvalue weighted by molar-refractivity contribution is 5.89. The maximum absolute atomic E-state index is 12.7. The number of nitrogens with two attached hydrogens (primary N) is 1. The Bertz CT molecular complexity index is 836. The van der Waals surface area contributed by atoms with Crippen LogP contribution in [-0.2, 0) is 35.3 Å². The standard InChI is InChI=1S/C22H31N3O8/c1-22(2,3)33-18(27)12-10-15(19(28)24-16(20(29)30)9-11-17(23)26)25-21(31)32-13-14-7-5-4-6-8-14/h4-8,15-16H,9-13H2,1-3H3,(H2,23,26)(H,24,28)(H,25,31)(H,29,30)/t15-,16-/m0/s1. The van der Waals surface area contributed by atoms with E-state index in [1.807, 2.05) is 0 Å².